The first-order valence-electron chi connectivity index (χ1n) is 6.87. The third kappa shape index (κ3) is 3.96. The second-order valence-electron chi connectivity index (χ2n) is 4.66. The van der Waals surface area contributed by atoms with Crippen molar-refractivity contribution in [1.82, 2.24) is 5.32 Å². The first kappa shape index (κ1) is 13.9. The smallest absolute Gasteiger partial charge is 0.226 e. The number of nitrogens with one attached hydrogen (secondary N) is 1. The molecule has 0 saturated carbocycles. The molecular weight excluding hydrogens is 242 g/mol. The summed E-state index contributed by atoms with van der Waals surface area (Å²) in [5.74, 6) is 0.899. The summed E-state index contributed by atoms with van der Waals surface area (Å²) in [5, 5.41) is 2.94. The van der Waals surface area contributed by atoms with Gasteiger partial charge >= 0.3 is 0 Å². The number of hydrogen-bond donors (Lipinski definition) is 1. The Kier molecular flexibility index (Phi) is 5.21. The minimum atomic E-state index is -0.0815. The molecular formula is C15H21NO3. The van der Waals surface area contributed by atoms with E-state index in [2.05, 4.69) is 5.32 Å². The number of benzene rings is 1. The van der Waals surface area contributed by atoms with Crippen LogP contribution in [0.1, 0.15) is 18.9 Å². The van der Waals surface area contributed by atoms with Crippen LogP contribution in [0.15, 0.2) is 24.3 Å². The van der Waals surface area contributed by atoms with Crippen LogP contribution < -0.4 is 10.1 Å². The zero-order chi connectivity index (χ0) is 13.5. The lowest BCUT2D eigenvalue weighted by Gasteiger charge is -2.24. The maximum atomic E-state index is 12.0. The highest BCUT2D eigenvalue weighted by Gasteiger charge is 2.25. The Labute approximate surface area is 114 Å². The molecule has 4 nitrogen and oxygen atoms in total. The number of amides is 1. The van der Waals surface area contributed by atoms with Crippen molar-refractivity contribution >= 4 is 5.91 Å². The van der Waals surface area contributed by atoms with Crippen LogP contribution in [0.2, 0.25) is 0 Å². The minimum absolute atomic E-state index is 0.0750. The van der Waals surface area contributed by atoms with Gasteiger partial charge in [0.1, 0.15) is 12.4 Å². The Hall–Kier alpha value is -1.55. The highest BCUT2D eigenvalue weighted by Crippen LogP contribution is 2.26. The largest absolute Gasteiger partial charge is 0.492 e. The van der Waals surface area contributed by atoms with Gasteiger partial charge in [0, 0.05) is 19.8 Å². The van der Waals surface area contributed by atoms with Crippen LogP contribution in [0.3, 0.4) is 0 Å². The summed E-state index contributed by atoms with van der Waals surface area (Å²) in [5.41, 5.74) is 1.11. The van der Waals surface area contributed by atoms with Crippen LogP contribution in [0.5, 0.6) is 5.75 Å². The molecule has 1 aliphatic rings. The summed E-state index contributed by atoms with van der Waals surface area (Å²) >= 11 is 0. The zero-order valence-corrected chi connectivity index (χ0v) is 11.4. The number of fused-ring (bicyclic) bond motifs is 1. The lowest BCUT2D eigenvalue weighted by molar-refractivity contribution is -0.126. The van der Waals surface area contributed by atoms with Crippen molar-refractivity contribution in [3.63, 3.8) is 0 Å². The molecule has 1 aromatic rings. The second-order valence-corrected chi connectivity index (χ2v) is 4.66. The van der Waals surface area contributed by atoms with Crippen molar-refractivity contribution in [3.05, 3.63) is 29.8 Å². The van der Waals surface area contributed by atoms with Gasteiger partial charge in [0.25, 0.3) is 0 Å². The van der Waals surface area contributed by atoms with Gasteiger partial charge in [-0.05, 0) is 31.4 Å². The van der Waals surface area contributed by atoms with Crippen LogP contribution in [-0.2, 0) is 16.0 Å². The Balaban J connectivity index is 1.76. The van der Waals surface area contributed by atoms with Gasteiger partial charge in [-0.25, -0.2) is 0 Å². The van der Waals surface area contributed by atoms with E-state index in [0.29, 0.717) is 19.8 Å². The van der Waals surface area contributed by atoms with E-state index in [0.717, 1.165) is 30.8 Å². The number of ether oxygens (including phenoxy) is 2. The Morgan fingerprint density at radius 1 is 1.47 bits per heavy atom. The second kappa shape index (κ2) is 7.14. The number of carbonyl (C=O) groups excluding carboxylic acids is 1. The van der Waals surface area contributed by atoms with Crippen molar-refractivity contribution in [2.45, 2.75) is 19.8 Å². The molecule has 2 rings (SSSR count). The van der Waals surface area contributed by atoms with Crippen molar-refractivity contribution in [1.29, 1.82) is 0 Å². The van der Waals surface area contributed by atoms with Gasteiger partial charge in [0.15, 0.2) is 0 Å². The first-order chi connectivity index (χ1) is 9.31. The Bertz CT molecular complexity index is 420. The summed E-state index contributed by atoms with van der Waals surface area (Å²) in [6.07, 6.45) is 1.61. The Morgan fingerprint density at radius 2 is 2.32 bits per heavy atom. The van der Waals surface area contributed by atoms with Gasteiger partial charge in [-0.1, -0.05) is 18.2 Å². The molecule has 1 aromatic carbocycles. The van der Waals surface area contributed by atoms with E-state index in [1.807, 2.05) is 31.2 Å². The van der Waals surface area contributed by atoms with E-state index in [1.54, 1.807) is 0 Å². The van der Waals surface area contributed by atoms with E-state index in [9.17, 15) is 4.79 Å². The first-order valence-corrected chi connectivity index (χ1v) is 6.87. The Morgan fingerprint density at radius 3 is 3.16 bits per heavy atom. The average molecular weight is 263 g/mol. The molecule has 1 heterocycles. The van der Waals surface area contributed by atoms with Crippen molar-refractivity contribution < 1.29 is 14.3 Å². The van der Waals surface area contributed by atoms with Gasteiger partial charge in [-0.2, -0.15) is 0 Å². The maximum absolute atomic E-state index is 12.0. The SMILES string of the molecule is CCOCCCNC(=O)C1COc2ccccc2C1. The van der Waals surface area contributed by atoms with E-state index in [4.69, 9.17) is 9.47 Å². The summed E-state index contributed by atoms with van der Waals surface area (Å²) < 4.78 is 10.8. The standard InChI is InChI=1S/C15H21NO3/c1-2-18-9-5-8-16-15(17)13-10-12-6-3-4-7-14(12)19-11-13/h3-4,6-7,13H,2,5,8-11H2,1H3,(H,16,17). The summed E-state index contributed by atoms with van der Waals surface area (Å²) in [7, 11) is 0. The monoisotopic (exact) mass is 263 g/mol. The molecule has 1 unspecified atom stereocenters. The minimum Gasteiger partial charge on any atom is -0.492 e. The fraction of sp³-hybridized carbons (Fsp3) is 0.533. The average Bonchev–Trinajstić information content (AvgIpc) is 2.46. The number of para-hydroxylation sites is 1. The number of hydrogen-bond acceptors (Lipinski definition) is 3. The van der Waals surface area contributed by atoms with Gasteiger partial charge in [-0.15, -0.1) is 0 Å². The third-order valence-electron chi connectivity index (χ3n) is 3.22. The molecule has 1 N–H and O–H groups in total. The van der Waals surface area contributed by atoms with Crippen LogP contribution in [0, 0.1) is 5.92 Å². The summed E-state index contributed by atoms with van der Waals surface area (Å²) in [6, 6.07) is 7.90. The number of rotatable bonds is 6. The molecule has 0 fully saturated rings. The van der Waals surface area contributed by atoms with Crippen molar-refractivity contribution in [2.24, 2.45) is 5.92 Å². The molecule has 1 aliphatic heterocycles. The van der Waals surface area contributed by atoms with Gasteiger partial charge in [0.05, 0.1) is 5.92 Å². The van der Waals surface area contributed by atoms with Crippen LogP contribution in [0.4, 0.5) is 0 Å². The third-order valence-corrected chi connectivity index (χ3v) is 3.22. The molecule has 4 heteroatoms. The highest BCUT2D eigenvalue weighted by atomic mass is 16.5. The van der Waals surface area contributed by atoms with Gasteiger partial charge in [0.2, 0.25) is 5.91 Å². The predicted molar refractivity (Wildman–Crippen MR) is 73.3 cm³/mol. The molecule has 104 valence electrons. The van der Waals surface area contributed by atoms with E-state index >= 15 is 0 Å². The predicted octanol–water partition coefficient (Wildman–Crippen LogP) is 1.78. The normalized spacial score (nSPS) is 17.4. The van der Waals surface area contributed by atoms with E-state index in [-0.39, 0.29) is 11.8 Å². The summed E-state index contributed by atoms with van der Waals surface area (Å²) in [6.45, 7) is 4.52. The fourth-order valence-corrected chi connectivity index (χ4v) is 2.17. The quantitative estimate of drug-likeness (QED) is 0.796. The van der Waals surface area contributed by atoms with Crippen LogP contribution >= 0.6 is 0 Å². The zero-order valence-electron chi connectivity index (χ0n) is 11.4. The number of carbonyl (C=O) groups is 1. The maximum Gasteiger partial charge on any atom is 0.226 e. The molecule has 0 saturated heterocycles. The van der Waals surface area contributed by atoms with Crippen LogP contribution in [0.25, 0.3) is 0 Å². The molecule has 1 atom stereocenters. The molecule has 0 radical (unpaired) electrons. The fourth-order valence-electron chi connectivity index (χ4n) is 2.17. The van der Waals surface area contributed by atoms with Crippen molar-refractivity contribution in [3.8, 4) is 5.75 Å². The molecule has 0 aliphatic carbocycles. The lowest BCUT2D eigenvalue weighted by atomic mass is 9.96. The highest BCUT2D eigenvalue weighted by molar-refractivity contribution is 5.79. The molecule has 1 amide bonds. The molecule has 19 heavy (non-hydrogen) atoms. The van der Waals surface area contributed by atoms with E-state index in [1.165, 1.54) is 0 Å². The molecule has 0 aromatic heterocycles. The summed E-state index contributed by atoms with van der Waals surface area (Å²) in [4.78, 5) is 12.0. The molecule has 0 spiro atoms. The van der Waals surface area contributed by atoms with Crippen LogP contribution in [-0.4, -0.2) is 32.3 Å². The topological polar surface area (TPSA) is 47.6 Å². The molecule has 0 bridgehead atoms. The van der Waals surface area contributed by atoms with E-state index < -0.39 is 0 Å². The van der Waals surface area contributed by atoms with Crippen molar-refractivity contribution in [2.75, 3.05) is 26.4 Å². The lowest BCUT2D eigenvalue weighted by Crippen LogP contribution is -2.38. The van der Waals surface area contributed by atoms with Gasteiger partial charge in [-0.3, -0.25) is 4.79 Å². The van der Waals surface area contributed by atoms with Gasteiger partial charge < -0.3 is 14.8 Å².